The Hall–Kier alpha value is -0.0401. The van der Waals surface area contributed by atoms with Gasteiger partial charge in [-0.05, 0) is 28.3 Å². The quantitative estimate of drug-likeness (QED) is 0.645. The lowest BCUT2D eigenvalue weighted by atomic mass is 9.70. The van der Waals surface area contributed by atoms with Crippen molar-refractivity contribution in [3.8, 4) is 0 Å². The molecule has 0 atom stereocenters. The molecule has 3 nitrogen and oxygen atoms in total. The molecule has 0 aromatic carbocycles. The van der Waals surface area contributed by atoms with Crippen LogP contribution in [0.25, 0.3) is 0 Å². The van der Waals surface area contributed by atoms with Crippen molar-refractivity contribution in [3.63, 3.8) is 0 Å². The summed E-state index contributed by atoms with van der Waals surface area (Å²) in [7, 11) is 10.3. The molecule has 0 bridgehead atoms. The summed E-state index contributed by atoms with van der Waals surface area (Å²) in [6, 6.07) is 0. The molecule has 0 saturated carbocycles. The van der Waals surface area contributed by atoms with Gasteiger partial charge in [0.05, 0.1) is 24.8 Å². The van der Waals surface area contributed by atoms with Crippen LogP contribution in [0.5, 0.6) is 0 Å². The summed E-state index contributed by atoms with van der Waals surface area (Å²) >= 11 is 3.47. The van der Waals surface area contributed by atoms with E-state index in [9.17, 15) is 4.79 Å². The second-order valence-electron chi connectivity index (χ2n) is 1.98. The summed E-state index contributed by atoms with van der Waals surface area (Å²) in [5.74, 6) is -0.430. The maximum atomic E-state index is 10.9. The second kappa shape index (κ2) is 4.27. The van der Waals surface area contributed by atoms with Crippen molar-refractivity contribution >= 4 is 60.7 Å². The highest BCUT2D eigenvalue weighted by Crippen LogP contribution is 2.19. The van der Waals surface area contributed by atoms with Crippen molar-refractivity contribution in [2.75, 3.05) is 5.32 Å². The average molecular weight is 288 g/mol. The van der Waals surface area contributed by atoms with Crippen molar-refractivity contribution in [2.24, 2.45) is 0 Å². The normalized spacial score (nSPS) is 10.2. The number of aromatic nitrogens is 1. The molecule has 1 rings (SSSR count). The topological polar surface area (TPSA) is 42.0 Å². The van der Waals surface area contributed by atoms with Crippen LogP contribution in [0.1, 0.15) is 0 Å². The molecule has 0 aliphatic heterocycles. The van der Waals surface area contributed by atoms with Gasteiger partial charge in [-0.3, -0.25) is 4.79 Å². The SMILES string of the molecule is [B]C([B])C(=O)Nc1ncc(I)s1. The monoisotopic (exact) mass is 288 g/mol. The van der Waals surface area contributed by atoms with Crippen LogP contribution < -0.4 is 5.32 Å². The Morgan fingerprint density at radius 3 is 2.83 bits per heavy atom. The van der Waals surface area contributed by atoms with Crippen molar-refractivity contribution in [1.82, 2.24) is 4.98 Å². The van der Waals surface area contributed by atoms with Gasteiger partial charge in [0.15, 0.2) is 5.13 Å². The second-order valence-corrected chi connectivity index (χ2v) is 4.91. The van der Waals surface area contributed by atoms with E-state index in [2.05, 4.69) is 32.9 Å². The van der Waals surface area contributed by atoms with Gasteiger partial charge in [-0.1, -0.05) is 11.3 Å². The number of anilines is 1. The summed E-state index contributed by atoms with van der Waals surface area (Å²) in [4.78, 5) is 14.8. The van der Waals surface area contributed by atoms with Gasteiger partial charge in [0, 0.05) is 0 Å². The Morgan fingerprint density at radius 1 is 1.75 bits per heavy atom. The molecule has 1 aromatic rings. The highest BCUT2D eigenvalue weighted by Gasteiger charge is 2.08. The van der Waals surface area contributed by atoms with Gasteiger partial charge in [0.2, 0.25) is 5.91 Å². The Labute approximate surface area is 90.3 Å². The lowest BCUT2D eigenvalue weighted by Gasteiger charge is -2.03. The maximum absolute atomic E-state index is 10.9. The van der Waals surface area contributed by atoms with E-state index in [-0.39, 0.29) is 0 Å². The van der Waals surface area contributed by atoms with E-state index in [1.165, 1.54) is 11.3 Å². The van der Waals surface area contributed by atoms with Crippen LogP contribution in [-0.2, 0) is 4.79 Å². The van der Waals surface area contributed by atoms with Gasteiger partial charge in [0.1, 0.15) is 0 Å². The van der Waals surface area contributed by atoms with Crippen LogP contribution in [0.15, 0.2) is 6.20 Å². The van der Waals surface area contributed by atoms with E-state index in [4.69, 9.17) is 15.7 Å². The molecule has 0 saturated heterocycles. The molecule has 0 fully saturated rings. The molecule has 0 aliphatic carbocycles. The van der Waals surface area contributed by atoms with Crippen LogP contribution >= 0.6 is 33.9 Å². The molecule has 1 amide bonds. The highest BCUT2D eigenvalue weighted by molar-refractivity contribution is 14.1. The number of nitrogens with one attached hydrogen (secondary N) is 1. The summed E-state index contributed by atoms with van der Waals surface area (Å²) in [5.41, 5.74) is -0.994. The van der Waals surface area contributed by atoms with Crippen molar-refractivity contribution in [2.45, 2.75) is 5.72 Å². The first-order valence-electron chi connectivity index (χ1n) is 3.03. The summed E-state index contributed by atoms with van der Waals surface area (Å²) < 4.78 is 0.994. The van der Waals surface area contributed by atoms with E-state index >= 15 is 0 Å². The smallest absolute Gasteiger partial charge is 0.212 e. The molecule has 1 N–H and O–H groups in total. The van der Waals surface area contributed by atoms with Crippen LogP contribution in [0.2, 0.25) is 5.72 Å². The Balaban J connectivity index is 2.58. The number of rotatable bonds is 2. The molecule has 1 heterocycles. The van der Waals surface area contributed by atoms with Crippen molar-refractivity contribution < 1.29 is 4.79 Å². The summed E-state index contributed by atoms with van der Waals surface area (Å²) in [6.45, 7) is 0. The zero-order valence-corrected chi connectivity index (χ0v) is 8.93. The lowest BCUT2D eigenvalue weighted by Crippen LogP contribution is -2.18. The number of thiazole rings is 1. The van der Waals surface area contributed by atoms with Crippen molar-refractivity contribution in [1.29, 1.82) is 0 Å². The predicted octanol–water partition coefficient (Wildman–Crippen LogP) is 0.769. The molecule has 12 heavy (non-hydrogen) atoms. The zero-order chi connectivity index (χ0) is 9.14. The molecule has 4 radical (unpaired) electrons. The predicted molar refractivity (Wildman–Crippen MR) is 58.7 cm³/mol. The minimum Gasteiger partial charge on any atom is -0.303 e. The fourth-order valence-corrected chi connectivity index (χ4v) is 1.81. The zero-order valence-electron chi connectivity index (χ0n) is 5.95. The lowest BCUT2D eigenvalue weighted by molar-refractivity contribution is -0.114. The van der Waals surface area contributed by atoms with E-state index < -0.39 is 11.6 Å². The van der Waals surface area contributed by atoms with Crippen LogP contribution in [0.4, 0.5) is 5.13 Å². The van der Waals surface area contributed by atoms with Gasteiger partial charge in [-0.2, -0.15) is 0 Å². The van der Waals surface area contributed by atoms with Gasteiger partial charge < -0.3 is 5.32 Å². The average Bonchev–Trinajstić information content (AvgIpc) is 2.35. The van der Waals surface area contributed by atoms with Crippen LogP contribution in [0, 0.1) is 2.88 Å². The molecular weight excluding hydrogens is 285 g/mol. The molecule has 0 unspecified atom stereocenters. The van der Waals surface area contributed by atoms with Gasteiger partial charge in [-0.15, -0.1) is 0 Å². The first-order valence-corrected chi connectivity index (χ1v) is 4.92. The van der Waals surface area contributed by atoms with E-state index in [1.54, 1.807) is 6.20 Å². The van der Waals surface area contributed by atoms with Gasteiger partial charge in [0.25, 0.3) is 0 Å². The van der Waals surface area contributed by atoms with Crippen LogP contribution in [0.3, 0.4) is 0 Å². The number of halogens is 1. The number of carbonyl (C=O) groups excluding carboxylic acids is 1. The number of hydrogen-bond acceptors (Lipinski definition) is 3. The summed E-state index contributed by atoms with van der Waals surface area (Å²) in [5, 5.41) is 2.99. The highest BCUT2D eigenvalue weighted by atomic mass is 127. The minimum absolute atomic E-state index is 0.430. The largest absolute Gasteiger partial charge is 0.303 e. The third-order valence-corrected chi connectivity index (χ3v) is 2.65. The van der Waals surface area contributed by atoms with E-state index in [0.29, 0.717) is 5.13 Å². The molecule has 1 aromatic heterocycles. The first kappa shape index (κ1) is 10.0. The fourth-order valence-electron chi connectivity index (χ4n) is 0.501. The number of amides is 1. The molecule has 0 spiro atoms. The molecule has 7 heteroatoms. The first-order chi connectivity index (χ1) is 5.59. The number of carbonyl (C=O) groups is 1. The fraction of sp³-hybridized carbons (Fsp3) is 0.200. The number of nitrogens with zero attached hydrogens (tertiary/aromatic N) is 1. The maximum Gasteiger partial charge on any atom is 0.212 e. The van der Waals surface area contributed by atoms with Crippen molar-refractivity contribution in [3.05, 3.63) is 9.08 Å². The Morgan fingerprint density at radius 2 is 2.42 bits per heavy atom. The summed E-state index contributed by atoms with van der Waals surface area (Å²) in [6.07, 6.45) is 1.66. The minimum atomic E-state index is -0.994. The van der Waals surface area contributed by atoms with Gasteiger partial charge >= 0.3 is 0 Å². The van der Waals surface area contributed by atoms with E-state index in [1.807, 2.05) is 0 Å². The third kappa shape index (κ3) is 2.78. The molecule has 0 aliphatic rings. The third-order valence-electron chi connectivity index (χ3n) is 1.01. The number of hydrogen-bond donors (Lipinski definition) is 1. The Bertz CT molecular complexity index is 291. The van der Waals surface area contributed by atoms with Crippen LogP contribution in [-0.4, -0.2) is 26.6 Å². The van der Waals surface area contributed by atoms with Gasteiger partial charge in [-0.25, -0.2) is 4.98 Å². The molecule has 58 valence electrons. The van der Waals surface area contributed by atoms with E-state index in [0.717, 1.165) is 2.88 Å². The Kier molecular flexibility index (Phi) is 3.57. The standard InChI is InChI=1S/C5H3B2IN2OS/c6-3(7)4(11)10-5-9-1-2(8)12-5/h1,3H,(H,9,10,11). The molecular formula is C5H3B2IN2OS.